The number of carbonyl (C=O) groups is 1. The van der Waals surface area contributed by atoms with Gasteiger partial charge in [-0.1, -0.05) is 6.07 Å². The van der Waals surface area contributed by atoms with Gasteiger partial charge in [0, 0.05) is 22.6 Å². The van der Waals surface area contributed by atoms with E-state index in [0.29, 0.717) is 16.9 Å². The van der Waals surface area contributed by atoms with Gasteiger partial charge in [-0.05, 0) is 85.6 Å². The predicted molar refractivity (Wildman–Crippen MR) is 124 cm³/mol. The Balaban J connectivity index is 1.40. The van der Waals surface area contributed by atoms with Crippen LogP contribution in [0.5, 0.6) is 11.6 Å². The van der Waals surface area contributed by atoms with Crippen molar-refractivity contribution in [1.82, 2.24) is 20.0 Å². The molecule has 2 aromatic heterocycles. The molecule has 2 heterocycles. The van der Waals surface area contributed by atoms with Gasteiger partial charge in [-0.2, -0.15) is 14.5 Å². The molecular weight excluding hydrogens is 445 g/mol. The van der Waals surface area contributed by atoms with E-state index < -0.39 is 5.82 Å². The lowest BCUT2D eigenvalue weighted by molar-refractivity contribution is 0.0955. The molecule has 0 aliphatic carbocycles. The number of benzene rings is 2. The van der Waals surface area contributed by atoms with Crippen LogP contribution in [0.15, 0.2) is 72.0 Å². The molecule has 0 saturated heterocycles. The van der Waals surface area contributed by atoms with Gasteiger partial charge in [0.05, 0.1) is 12.4 Å². The van der Waals surface area contributed by atoms with Crippen LogP contribution in [-0.2, 0) is 0 Å². The molecule has 1 N–H and O–H groups in total. The van der Waals surface area contributed by atoms with Gasteiger partial charge in [0.1, 0.15) is 5.75 Å². The average molecular weight is 464 g/mol. The number of aryl methyl sites for hydroxylation is 2. The Bertz CT molecular complexity index is 1320. The Morgan fingerprint density at radius 1 is 1.12 bits per heavy atom. The number of nitrogens with one attached hydrogen (secondary N) is 1. The van der Waals surface area contributed by atoms with Gasteiger partial charge in [-0.25, -0.2) is 10.4 Å². The van der Waals surface area contributed by atoms with E-state index >= 15 is 0 Å². The van der Waals surface area contributed by atoms with Crippen LogP contribution in [0, 0.1) is 19.7 Å². The standard InChI is InChI=1S/C24H19ClFN5O2/c1-15-6-7-16(2)31(15)19-5-3-4-18(12-19)22(32)30-28-13-17-8-10-20(11-9-17)33-23-21(26)14-27-24(25)29-23/h3-14H,1-2H3,(H,30,32). The van der Waals surface area contributed by atoms with Crippen molar-refractivity contribution in [3.8, 4) is 17.3 Å². The summed E-state index contributed by atoms with van der Waals surface area (Å²) in [5.74, 6) is -0.959. The summed E-state index contributed by atoms with van der Waals surface area (Å²) in [4.78, 5) is 19.8. The monoisotopic (exact) mass is 463 g/mol. The van der Waals surface area contributed by atoms with E-state index in [2.05, 4.69) is 25.1 Å². The van der Waals surface area contributed by atoms with Crippen LogP contribution in [0.25, 0.3) is 5.69 Å². The molecule has 0 atom stereocenters. The van der Waals surface area contributed by atoms with E-state index in [1.807, 2.05) is 44.2 Å². The molecule has 33 heavy (non-hydrogen) atoms. The van der Waals surface area contributed by atoms with Crippen molar-refractivity contribution in [3.63, 3.8) is 0 Å². The first-order chi connectivity index (χ1) is 15.9. The Labute approximate surface area is 194 Å². The molecule has 4 aromatic rings. The van der Waals surface area contributed by atoms with Crippen LogP contribution in [-0.4, -0.2) is 26.7 Å². The number of nitrogens with zero attached hydrogens (tertiary/aromatic N) is 4. The lowest BCUT2D eigenvalue weighted by Gasteiger charge is -2.10. The molecule has 0 aliphatic heterocycles. The third-order valence-electron chi connectivity index (χ3n) is 4.79. The van der Waals surface area contributed by atoms with Gasteiger partial charge in [0.25, 0.3) is 11.8 Å². The molecule has 0 saturated carbocycles. The molecule has 0 aliphatic rings. The van der Waals surface area contributed by atoms with E-state index in [-0.39, 0.29) is 17.1 Å². The molecule has 9 heteroatoms. The fraction of sp³-hybridized carbons (Fsp3) is 0.0833. The maximum Gasteiger partial charge on any atom is 0.271 e. The van der Waals surface area contributed by atoms with E-state index in [1.165, 1.54) is 6.21 Å². The summed E-state index contributed by atoms with van der Waals surface area (Å²) < 4.78 is 21.1. The molecule has 0 radical (unpaired) electrons. The fourth-order valence-electron chi connectivity index (χ4n) is 3.23. The van der Waals surface area contributed by atoms with Crippen LogP contribution in [0.2, 0.25) is 5.28 Å². The second-order valence-electron chi connectivity index (χ2n) is 7.16. The number of hydrogen-bond acceptors (Lipinski definition) is 5. The number of halogens is 2. The van der Waals surface area contributed by atoms with Gasteiger partial charge in [0.2, 0.25) is 11.1 Å². The minimum absolute atomic E-state index is 0.116. The van der Waals surface area contributed by atoms with Crippen LogP contribution in [0.1, 0.15) is 27.3 Å². The normalized spacial score (nSPS) is 11.0. The Morgan fingerprint density at radius 2 is 1.85 bits per heavy atom. The van der Waals surface area contributed by atoms with Gasteiger partial charge in [-0.3, -0.25) is 4.79 Å². The van der Waals surface area contributed by atoms with E-state index in [1.54, 1.807) is 30.3 Å². The van der Waals surface area contributed by atoms with E-state index in [9.17, 15) is 9.18 Å². The van der Waals surface area contributed by atoms with Crippen molar-refractivity contribution in [2.75, 3.05) is 0 Å². The first-order valence-corrected chi connectivity index (χ1v) is 10.3. The zero-order valence-corrected chi connectivity index (χ0v) is 18.5. The van der Waals surface area contributed by atoms with Crippen LogP contribution in [0.4, 0.5) is 4.39 Å². The van der Waals surface area contributed by atoms with Crippen LogP contribution < -0.4 is 10.2 Å². The minimum Gasteiger partial charge on any atom is -0.436 e. The predicted octanol–water partition coefficient (Wildman–Crippen LogP) is 5.23. The topological polar surface area (TPSA) is 81.4 Å². The summed E-state index contributed by atoms with van der Waals surface area (Å²) in [7, 11) is 0. The molecule has 0 unspecified atom stereocenters. The first kappa shape index (κ1) is 22.2. The number of aromatic nitrogens is 3. The highest BCUT2D eigenvalue weighted by atomic mass is 35.5. The Morgan fingerprint density at radius 3 is 2.58 bits per heavy atom. The molecular formula is C24H19ClFN5O2. The number of rotatable bonds is 6. The molecule has 4 rings (SSSR count). The van der Waals surface area contributed by atoms with Crippen molar-refractivity contribution in [3.05, 3.63) is 100 Å². The Kier molecular flexibility index (Phi) is 6.46. The third kappa shape index (κ3) is 5.24. The van der Waals surface area contributed by atoms with Crippen molar-refractivity contribution >= 4 is 23.7 Å². The maximum atomic E-state index is 13.7. The fourth-order valence-corrected chi connectivity index (χ4v) is 3.35. The lowest BCUT2D eigenvalue weighted by Crippen LogP contribution is -2.18. The number of hydrogen-bond donors (Lipinski definition) is 1. The first-order valence-electron chi connectivity index (χ1n) is 9.95. The summed E-state index contributed by atoms with van der Waals surface area (Å²) in [6.45, 7) is 4.03. The van der Waals surface area contributed by atoms with E-state index in [0.717, 1.165) is 23.3 Å². The highest BCUT2D eigenvalue weighted by Gasteiger charge is 2.10. The molecule has 2 aromatic carbocycles. The SMILES string of the molecule is Cc1ccc(C)n1-c1cccc(C(=O)NN=Cc2ccc(Oc3nc(Cl)ncc3F)cc2)c1. The highest BCUT2D eigenvalue weighted by molar-refractivity contribution is 6.28. The second-order valence-corrected chi connectivity index (χ2v) is 7.50. The molecule has 1 amide bonds. The quantitative estimate of drug-likeness (QED) is 0.241. The van der Waals surface area contributed by atoms with Crippen LogP contribution in [0.3, 0.4) is 0 Å². The summed E-state index contributed by atoms with van der Waals surface area (Å²) in [5.41, 5.74) is 6.80. The van der Waals surface area contributed by atoms with Gasteiger partial charge < -0.3 is 9.30 Å². The molecule has 0 bridgehead atoms. The summed E-state index contributed by atoms with van der Waals surface area (Å²) in [5, 5.41) is 3.90. The van der Waals surface area contributed by atoms with Crippen molar-refractivity contribution < 1.29 is 13.9 Å². The summed E-state index contributed by atoms with van der Waals surface area (Å²) in [6, 6.07) is 18.0. The smallest absolute Gasteiger partial charge is 0.271 e. The Hall–Kier alpha value is -4.04. The molecule has 166 valence electrons. The summed E-state index contributed by atoms with van der Waals surface area (Å²) >= 11 is 5.66. The number of hydrazone groups is 1. The zero-order chi connectivity index (χ0) is 23.4. The minimum atomic E-state index is -0.723. The van der Waals surface area contributed by atoms with Gasteiger partial charge in [-0.15, -0.1) is 0 Å². The van der Waals surface area contributed by atoms with Gasteiger partial charge in [0.15, 0.2) is 0 Å². The van der Waals surface area contributed by atoms with Gasteiger partial charge >= 0.3 is 0 Å². The number of amides is 1. The maximum absolute atomic E-state index is 13.7. The van der Waals surface area contributed by atoms with Crippen LogP contribution >= 0.6 is 11.6 Å². The largest absolute Gasteiger partial charge is 0.436 e. The zero-order valence-electron chi connectivity index (χ0n) is 17.8. The lowest BCUT2D eigenvalue weighted by atomic mass is 10.2. The highest BCUT2D eigenvalue weighted by Crippen LogP contribution is 2.23. The summed E-state index contributed by atoms with van der Waals surface area (Å²) in [6.07, 6.45) is 2.43. The molecule has 7 nitrogen and oxygen atoms in total. The molecule has 0 spiro atoms. The second kappa shape index (κ2) is 9.62. The van der Waals surface area contributed by atoms with E-state index in [4.69, 9.17) is 16.3 Å². The van der Waals surface area contributed by atoms with Crippen molar-refractivity contribution in [1.29, 1.82) is 0 Å². The average Bonchev–Trinajstić information content (AvgIpc) is 3.15. The number of ether oxygens (including phenoxy) is 1. The molecule has 0 fully saturated rings. The van der Waals surface area contributed by atoms with Crippen molar-refractivity contribution in [2.24, 2.45) is 5.10 Å². The van der Waals surface area contributed by atoms with Crippen molar-refractivity contribution in [2.45, 2.75) is 13.8 Å². The number of carbonyl (C=O) groups excluding carboxylic acids is 1. The third-order valence-corrected chi connectivity index (χ3v) is 4.98.